The van der Waals surface area contributed by atoms with Crippen LogP contribution in [0.25, 0.3) is 0 Å². The fraction of sp³-hybridized carbons (Fsp3) is 1.00. The van der Waals surface area contributed by atoms with Gasteiger partial charge in [0.25, 0.3) is 0 Å². The molecule has 2 atom stereocenters. The van der Waals surface area contributed by atoms with Gasteiger partial charge >= 0.3 is 0 Å². The lowest BCUT2D eigenvalue weighted by Crippen LogP contribution is -2.35. The highest BCUT2D eigenvalue weighted by Gasteiger charge is 2.28. The van der Waals surface area contributed by atoms with Gasteiger partial charge in [-0.1, -0.05) is 27.7 Å². The van der Waals surface area contributed by atoms with Crippen LogP contribution in [-0.4, -0.2) is 37.1 Å². The Morgan fingerprint density at radius 3 is 2.55 bits per heavy atom. The highest BCUT2D eigenvalue weighted by atomic mass is 15.1. The summed E-state index contributed by atoms with van der Waals surface area (Å²) in [5.74, 6) is 0.908. The van der Waals surface area contributed by atoms with Crippen molar-refractivity contribution in [1.82, 2.24) is 10.2 Å². The Morgan fingerprint density at radius 2 is 1.90 bits per heavy atom. The second-order valence-electron chi connectivity index (χ2n) is 7.77. The monoisotopic (exact) mass is 282 g/mol. The summed E-state index contributed by atoms with van der Waals surface area (Å²) >= 11 is 0. The summed E-state index contributed by atoms with van der Waals surface area (Å²) in [7, 11) is 0. The number of hydrogen-bond acceptors (Lipinski definition) is 2. The lowest BCUT2D eigenvalue weighted by Gasteiger charge is -2.31. The van der Waals surface area contributed by atoms with Crippen LogP contribution >= 0.6 is 0 Å². The van der Waals surface area contributed by atoms with E-state index in [4.69, 9.17) is 0 Å². The van der Waals surface area contributed by atoms with E-state index in [1.807, 2.05) is 0 Å². The topological polar surface area (TPSA) is 15.3 Å². The van der Waals surface area contributed by atoms with E-state index in [9.17, 15) is 0 Å². The molecule has 1 saturated heterocycles. The van der Waals surface area contributed by atoms with Crippen LogP contribution in [0.4, 0.5) is 0 Å². The van der Waals surface area contributed by atoms with Crippen molar-refractivity contribution in [3.05, 3.63) is 0 Å². The molecule has 1 aliphatic heterocycles. The van der Waals surface area contributed by atoms with Gasteiger partial charge in [-0.05, 0) is 83.0 Å². The zero-order valence-electron chi connectivity index (χ0n) is 14.7. The molecule has 20 heavy (non-hydrogen) atoms. The first kappa shape index (κ1) is 18.0. The zero-order chi connectivity index (χ0) is 15.0. The molecule has 0 aromatic heterocycles. The Morgan fingerprint density at radius 1 is 1.15 bits per heavy atom. The minimum absolute atomic E-state index is 0.489. The third-order valence-corrected chi connectivity index (χ3v) is 5.01. The Hall–Kier alpha value is -0.0800. The summed E-state index contributed by atoms with van der Waals surface area (Å²) in [5.41, 5.74) is 0.489. The molecule has 1 aliphatic rings. The van der Waals surface area contributed by atoms with Crippen molar-refractivity contribution < 1.29 is 0 Å². The first-order chi connectivity index (χ1) is 9.45. The second kappa shape index (κ2) is 9.04. The van der Waals surface area contributed by atoms with Crippen LogP contribution in [0.15, 0.2) is 0 Å². The minimum atomic E-state index is 0.489. The lowest BCUT2D eigenvalue weighted by atomic mass is 9.77. The molecule has 120 valence electrons. The molecule has 2 nitrogen and oxygen atoms in total. The van der Waals surface area contributed by atoms with Gasteiger partial charge in [0.15, 0.2) is 0 Å². The fourth-order valence-electron chi connectivity index (χ4n) is 3.43. The van der Waals surface area contributed by atoms with Gasteiger partial charge < -0.3 is 10.2 Å². The van der Waals surface area contributed by atoms with E-state index in [1.54, 1.807) is 0 Å². The Bertz CT molecular complexity index is 244. The second-order valence-corrected chi connectivity index (χ2v) is 7.77. The molecule has 1 rings (SSSR count). The van der Waals surface area contributed by atoms with E-state index < -0.39 is 0 Å². The van der Waals surface area contributed by atoms with E-state index in [0.29, 0.717) is 5.41 Å². The molecule has 0 bridgehead atoms. The molecule has 0 radical (unpaired) electrons. The smallest absolute Gasteiger partial charge is 0.00674 e. The molecule has 0 saturated carbocycles. The number of hydrogen-bond donors (Lipinski definition) is 1. The maximum atomic E-state index is 3.51. The molecule has 2 heteroatoms. The van der Waals surface area contributed by atoms with E-state index >= 15 is 0 Å². The Balaban J connectivity index is 2.26. The molecule has 0 spiro atoms. The Labute approximate surface area is 127 Å². The summed E-state index contributed by atoms with van der Waals surface area (Å²) < 4.78 is 0. The van der Waals surface area contributed by atoms with Gasteiger partial charge in [-0.2, -0.15) is 0 Å². The van der Waals surface area contributed by atoms with Gasteiger partial charge in [0.2, 0.25) is 0 Å². The summed E-state index contributed by atoms with van der Waals surface area (Å²) in [6.45, 7) is 16.9. The molecule has 1 fully saturated rings. The quantitative estimate of drug-likeness (QED) is 0.700. The summed E-state index contributed by atoms with van der Waals surface area (Å²) in [6.07, 6.45) is 8.11. The normalized spacial score (nSPS) is 23.6. The van der Waals surface area contributed by atoms with Crippen molar-refractivity contribution in [3.63, 3.8) is 0 Å². The molecule has 0 aromatic rings. The van der Waals surface area contributed by atoms with Gasteiger partial charge in [-0.25, -0.2) is 0 Å². The van der Waals surface area contributed by atoms with Crippen LogP contribution in [-0.2, 0) is 0 Å². The fourth-order valence-corrected chi connectivity index (χ4v) is 3.43. The summed E-state index contributed by atoms with van der Waals surface area (Å²) in [6, 6.07) is 0.761. The maximum absolute atomic E-state index is 3.51. The first-order valence-electron chi connectivity index (χ1n) is 8.90. The van der Waals surface area contributed by atoms with Crippen LogP contribution < -0.4 is 5.32 Å². The van der Waals surface area contributed by atoms with Crippen molar-refractivity contribution in [1.29, 1.82) is 0 Å². The van der Waals surface area contributed by atoms with E-state index in [2.05, 4.69) is 44.8 Å². The average Bonchev–Trinajstić information content (AvgIpc) is 2.63. The SMILES string of the molecule is CCCNCCCC(C)N1CCCC(C(C)(C)C)CC1. The van der Waals surface area contributed by atoms with E-state index in [1.165, 1.54) is 64.7 Å². The van der Waals surface area contributed by atoms with Crippen LogP contribution in [0.5, 0.6) is 0 Å². The zero-order valence-corrected chi connectivity index (χ0v) is 14.7. The van der Waals surface area contributed by atoms with Crippen molar-refractivity contribution in [2.24, 2.45) is 11.3 Å². The molecule has 2 unspecified atom stereocenters. The number of nitrogens with one attached hydrogen (secondary N) is 1. The van der Waals surface area contributed by atoms with Crippen LogP contribution in [0.3, 0.4) is 0 Å². The maximum Gasteiger partial charge on any atom is 0.00674 e. The summed E-state index contributed by atoms with van der Waals surface area (Å²) in [5, 5.41) is 3.51. The number of likely N-dealkylation sites (tertiary alicyclic amines) is 1. The molecule has 1 heterocycles. The van der Waals surface area contributed by atoms with Gasteiger partial charge in [0.1, 0.15) is 0 Å². The number of nitrogens with zero attached hydrogens (tertiary/aromatic N) is 1. The predicted molar refractivity (Wildman–Crippen MR) is 90.2 cm³/mol. The highest BCUT2D eigenvalue weighted by molar-refractivity contribution is 4.80. The Kier molecular flexibility index (Phi) is 8.13. The van der Waals surface area contributed by atoms with Crippen molar-refractivity contribution >= 4 is 0 Å². The standard InChI is InChI=1S/C18H38N2/c1-6-12-19-13-7-9-16(2)20-14-8-10-17(11-15-20)18(3,4)5/h16-17,19H,6-15H2,1-5H3. The third-order valence-electron chi connectivity index (χ3n) is 5.01. The van der Waals surface area contributed by atoms with Crippen LogP contribution in [0.2, 0.25) is 0 Å². The van der Waals surface area contributed by atoms with Crippen molar-refractivity contribution in [2.45, 2.75) is 79.2 Å². The molecular weight excluding hydrogens is 244 g/mol. The number of rotatable bonds is 7. The van der Waals surface area contributed by atoms with Crippen molar-refractivity contribution in [2.75, 3.05) is 26.2 Å². The van der Waals surface area contributed by atoms with Gasteiger partial charge in [0, 0.05) is 6.04 Å². The van der Waals surface area contributed by atoms with Gasteiger partial charge in [0.05, 0.1) is 0 Å². The molecule has 0 amide bonds. The summed E-state index contributed by atoms with van der Waals surface area (Å²) in [4.78, 5) is 2.74. The molecule has 0 aromatic carbocycles. The van der Waals surface area contributed by atoms with Gasteiger partial charge in [-0.15, -0.1) is 0 Å². The first-order valence-corrected chi connectivity index (χ1v) is 8.90. The largest absolute Gasteiger partial charge is 0.317 e. The van der Waals surface area contributed by atoms with E-state index in [-0.39, 0.29) is 0 Å². The molecule has 1 N–H and O–H groups in total. The lowest BCUT2D eigenvalue weighted by molar-refractivity contribution is 0.182. The third kappa shape index (κ3) is 6.58. The predicted octanol–water partition coefficient (Wildman–Crippen LogP) is 4.30. The van der Waals surface area contributed by atoms with Crippen LogP contribution in [0, 0.1) is 11.3 Å². The molecule has 0 aliphatic carbocycles. The van der Waals surface area contributed by atoms with E-state index in [0.717, 1.165) is 12.0 Å². The van der Waals surface area contributed by atoms with Crippen LogP contribution in [0.1, 0.15) is 73.1 Å². The van der Waals surface area contributed by atoms with Gasteiger partial charge in [-0.3, -0.25) is 0 Å². The molecular formula is C18H38N2. The van der Waals surface area contributed by atoms with Crippen molar-refractivity contribution in [3.8, 4) is 0 Å². The highest BCUT2D eigenvalue weighted by Crippen LogP contribution is 2.34. The average molecular weight is 283 g/mol. The minimum Gasteiger partial charge on any atom is -0.317 e.